The molecule has 0 saturated carbocycles. The van der Waals surface area contributed by atoms with Crippen LogP contribution in [0.4, 0.5) is 0 Å². The van der Waals surface area contributed by atoms with Crippen molar-refractivity contribution in [3.63, 3.8) is 0 Å². The van der Waals surface area contributed by atoms with Crippen molar-refractivity contribution in [1.29, 1.82) is 0 Å². The Morgan fingerprint density at radius 3 is 2.27 bits per heavy atom. The Labute approximate surface area is 126 Å². The minimum Gasteiger partial charge on any atom is -0.391 e. The summed E-state index contributed by atoms with van der Waals surface area (Å²) in [4.78, 5) is 0. The summed E-state index contributed by atoms with van der Waals surface area (Å²) in [6.45, 7) is 7.44. The summed E-state index contributed by atoms with van der Waals surface area (Å²) in [6, 6.07) is 0. The molecule has 0 amide bonds. The van der Waals surface area contributed by atoms with E-state index in [1.54, 1.807) is 6.92 Å². The first-order valence-electron chi connectivity index (χ1n) is 5.10. The third kappa shape index (κ3) is 2.75. The standard InChI is InChI=1S/C10H18O4.Ac/c1-5(11)7-9-8(6(2)12-7)13-10(3,4)14-9;/h5-9,11H,1-4H3;. The molecule has 5 heteroatoms. The summed E-state index contributed by atoms with van der Waals surface area (Å²) in [5.41, 5.74) is 0. The first-order valence-corrected chi connectivity index (χ1v) is 5.10. The first-order chi connectivity index (χ1) is 6.41. The zero-order valence-corrected chi connectivity index (χ0v) is 14.4. The van der Waals surface area contributed by atoms with Gasteiger partial charge in [0.15, 0.2) is 5.79 Å². The van der Waals surface area contributed by atoms with Gasteiger partial charge in [0.05, 0.1) is 12.2 Å². The summed E-state index contributed by atoms with van der Waals surface area (Å²) in [6.07, 6.45) is -0.993. The summed E-state index contributed by atoms with van der Waals surface area (Å²) >= 11 is 0. The van der Waals surface area contributed by atoms with Crippen molar-refractivity contribution >= 4 is 0 Å². The number of aliphatic hydroxyl groups excluding tert-OH is 1. The average molecular weight is 429 g/mol. The van der Waals surface area contributed by atoms with Gasteiger partial charge in [0.25, 0.3) is 0 Å². The van der Waals surface area contributed by atoms with Crippen molar-refractivity contribution in [2.45, 2.75) is 64.0 Å². The van der Waals surface area contributed by atoms with Gasteiger partial charge in [-0.1, -0.05) is 0 Å². The number of hydrogen-bond donors (Lipinski definition) is 1. The second-order valence-electron chi connectivity index (χ2n) is 4.61. The van der Waals surface area contributed by atoms with E-state index < -0.39 is 11.9 Å². The molecule has 2 rings (SSSR count). The topological polar surface area (TPSA) is 47.9 Å². The largest absolute Gasteiger partial charge is 0.391 e. The third-order valence-corrected chi connectivity index (χ3v) is 2.80. The van der Waals surface area contributed by atoms with Crippen LogP contribution in [0.15, 0.2) is 0 Å². The van der Waals surface area contributed by atoms with Crippen LogP contribution in [0.5, 0.6) is 0 Å². The number of fused-ring (bicyclic) bond motifs is 1. The van der Waals surface area contributed by atoms with E-state index in [1.165, 1.54) is 0 Å². The normalized spacial score (nSPS) is 44.6. The monoisotopic (exact) mass is 429 g/mol. The second kappa shape index (κ2) is 4.88. The molecule has 2 aliphatic rings. The summed E-state index contributed by atoms with van der Waals surface area (Å²) in [7, 11) is 0. The van der Waals surface area contributed by atoms with Crippen LogP contribution in [0.25, 0.3) is 0 Å². The fourth-order valence-electron chi connectivity index (χ4n) is 2.23. The molecule has 2 fully saturated rings. The van der Waals surface area contributed by atoms with Crippen molar-refractivity contribution in [1.82, 2.24) is 0 Å². The number of ether oxygens (including phenoxy) is 3. The van der Waals surface area contributed by atoms with E-state index in [4.69, 9.17) is 14.2 Å². The summed E-state index contributed by atoms with van der Waals surface area (Å²) in [5, 5.41) is 9.53. The molecule has 0 aliphatic carbocycles. The van der Waals surface area contributed by atoms with Crippen LogP contribution in [0, 0.1) is 44.1 Å². The molecular weight excluding hydrogens is 411 g/mol. The number of hydrogen-bond acceptors (Lipinski definition) is 4. The molecule has 2 heterocycles. The van der Waals surface area contributed by atoms with E-state index in [0.29, 0.717) is 0 Å². The van der Waals surface area contributed by atoms with Gasteiger partial charge in [0.1, 0.15) is 18.3 Å². The molecule has 0 spiro atoms. The minimum atomic E-state index is -0.555. The van der Waals surface area contributed by atoms with Gasteiger partial charge >= 0.3 is 0 Å². The molecule has 0 bridgehead atoms. The number of aliphatic hydroxyl groups is 1. The fraction of sp³-hybridized carbons (Fsp3) is 1.00. The van der Waals surface area contributed by atoms with Crippen LogP contribution >= 0.6 is 0 Å². The maximum atomic E-state index is 9.53. The quantitative estimate of drug-likeness (QED) is 0.666. The Morgan fingerprint density at radius 2 is 1.73 bits per heavy atom. The molecule has 1 N–H and O–H groups in total. The molecule has 0 aromatic heterocycles. The minimum absolute atomic E-state index is 0. The fourth-order valence-corrected chi connectivity index (χ4v) is 2.23. The third-order valence-electron chi connectivity index (χ3n) is 2.80. The van der Waals surface area contributed by atoms with Gasteiger partial charge in [-0.25, -0.2) is 0 Å². The van der Waals surface area contributed by atoms with Crippen molar-refractivity contribution in [3.05, 3.63) is 0 Å². The molecule has 5 unspecified atom stereocenters. The molecule has 2 aliphatic heterocycles. The maximum absolute atomic E-state index is 9.53. The molecule has 2 saturated heterocycles. The molecule has 0 aromatic carbocycles. The first kappa shape index (κ1) is 14.3. The van der Waals surface area contributed by atoms with Crippen LogP contribution in [0.2, 0.25) is 0 Å². The molecule has 5 atom stereocenters. The predicted octanol–water partition coefficient (Wildman–Crippen LogP) is 0.675. The molecule has 15 heavy (non-hydrogen) atoms. The average Bonchev–Trinajstić information content (AvgIpc) is 2.47. The van der Waals surface area contributed by atoms with Crippen LogP contribution in [-0.2, 0) is 14.2 Å². The van der Waals surface area contributed by atoms with Gasteiger partial charge in [-0.3, -0.25) is 0 Å². The van der Waals surface area contributed by atoms with E-state index >= 15 is 0 Å². The SMILES string of the molecule is CC(O)C1OC(C)C2OC(C)(C)OC12.[Ac]. The van der Waals surface area contributed by atoms with E-state index in [-0.39, 0.29) is 68.5 Å². The maximum Gasteiger partial charge on any atom is 0.164 e. The van der Waals surface area contributed by atoms with Crippen LogP contribution in [0.1, 0.15) is 27.7 Å². The Kier molecular flexibility index (Phi) is 4.66. The van der Waals surface area contributed by atoms with Crippen LogP contribution in [-0.4, -0.2) is 41.4 Å². The van der Waals surface area contributed by atoms with Gasteiger partial charge in [-0.2, -0.15) is 0 Å². The van der Waals surface area contributed by atoms with Gasteiger partial charge in [0.2, 0.25) is 0 Å². The predicted molar refractivity (Wildman–Crippen MR) is 49.8 cm³/mol. The Hall–Kier alpha value is 1.28. The zero-order valence-electron chi connectivity index (χ0n) is 9.64. The molecule has 0 aromatic rings. The van der Waals surface area contributed by atoms with E-state index in [9.17, 15) is 5.11 Å². The van der Waals surface area contributed by atoms with Gasteiger partial charge in [-0.15, -0.1) is 0 Å². The van der Waals surface area contributed by atoms with Gasteiger partial charge in [-0.05, 0) is 27.7 Å². The summed E-state index contributed by atoms with van der Waals surface area (Å²) < 4.78 is 17.0. The number of rotatable bonds is 1. The molecule has 1 radical (unpaired) electrons. The van der Waals surface area contributed by atoms with E-state index in [0.717, 1.165) is 0 Å². The van der Waals surface area contributed by atoms with Crippen molar-refractivity contribution in [3.8, 4) is 0 Å². The van der Waals surface area contributed by atoms with Crippen LogP contribution < -0.4 is 0 Å². The Bertz CT molecular complexity index is 229. The Morgan fingerprint density at radius 1 is 1.20 bits per heavy atom. The van der Waals surface area contributed by atoms with Crippen molar-refractivity contribution in [2.24, 2.45) is 0 Å². The second-order valence-corrected chi connectivity index (χ2v) is 4.61. The van der Waals surface area contributed by atoms with Crippen molar-refractivity contribution in [2.75, 3.05) is 0 Å². The van der Waals surface area contributed by atoms with Gasteiger partial charge < -0.3 is 19.3 Å². The van der Waals surface area contributed by atoms with E-state index in [1.807, 2.05) is 20.8 Å². The van der Waals surface area contributed by atoms with Gasteiger partial charge in [0, 0.05) is 44.1 Å². The molecular formula is C10H18AcO4. The Balaban J connectivity index is 0.00000112. The summed E-state index contributed by atoms with van der Waals surface area (Å²) in [5.74, 6) is -0.555. The van der Waals surface area contributed by atoms with Crippen LogP contribution in [0.3, 0.4) is 0 Å². The van der Waals surface area contributed by atoms with E-state index in [2.05, 4.69) is 0 Å². The molecule has 4 nitrogen and oxygen atoms in total. The zero-order chi connectivity index (χ0) is 10.5. The molecule has 85 valence electrons. The smallest absolute Gasteiger partial charge is 0.164 e. The van der Waals surface area contributed by atoms with Crippen molar-refractivity contribution < 1.29 is 63.4 Å².